The normalized spacial score (nSPS) is 11.5. The number of nitrogens with zero attached hydrogens (tertiary/aromatic N) is 2. The predicted octanol–water partition coefficient (Wildman–Crippen LogP) is 2.30. The van der Waals surface area contributed by atoms with Gasteiger partial charge in [0.05, 0.1) is 12.3 Å². The highest BCUT2D eigenvalue weighted by Gasteiger charge is 2.04. The highest BCUT2D eigenvalue weighted by Crippen LogP contribution is 2.04. The first-order valence-corrected chi connectivity index (χ1v) is 7.51. The molecule has 0 radical (unpaired) electrons. The molecule has 4 nitrogen and oxygen atoms in total. The molecule has 0 unspecified atom stereocenters. The number of nitrogens with one attached hydrogen (secondary N) is 1. The summed E-state index contributed by atoms with van der Waals surface area (Å²) in [5.41, 5.74) is 2.37. The van der Waals surface area contributed by atoms with Crippen molar-refractivity contribution in [2.45, 2.75) is 33.9 Å². The molecule has 1 aromatic rings. The first-order valence-electron chi connectivity index (χ1n) is 7.51. The molecule has 0 spiro atoms. The lowest BCUT2D eigenvalue weighted by molar-refractivity contribution is 0.147. The van der Waals surface area contributed by atoms with Gasteiger partial charge < -0.3 is 10.1 Å². The van der Waals surface area contributed by atoms with E-state index in [1.165, 1.54) is 5.56 Å². The summed E-state index contributed by atoms with van der Waals surface area (Å²) in [7, 11) is 1.74. The van der Waals surface area contributed by atoms with Crippen LogP contribution in [0.25, 0.3) is 0 Å². The second-order valence-electron chi connectivity index (χ2n) is 5.54. The molecule has 0 aliphatic carbocycles. The number of pyridine rings is 1. The van der Waals surface area contributed by atoms with E-state index in [4.69, 9.17) is 4.74 Å². The van der Waals surface area contributed by atoms with Crippen molar-refractivity contribution in [3.8, 4) is 0 Å². The predicted molar refractivity (Wildman–Crippen MR) is 83.6 cm³/mol. The van der Waals surface area contributed by atoms with E-state index in [0.29, 0.717) is 5.92 Å². The Morgan fingerprint density at radius 2 is 2.15 bits per heavy atom. The SMILES string of the molecule is CCN(CCOC)Cc1ccc(CNCC(C)C)cn1. The van der Waals surface area contributed by atoms with Gasteiger partial charge in [-0.05, 0) is 30.6 Å². The van der Waals surface area contributed by atoms with Crippen LogP contribution in [0.4, 0.5) is 0 Å². The summed E-state index contributed by atoms with van der Waals surface area (Å²) < 4.78 is 5.12. The maximum atomic E-state index is 5.12. The third kappa shape index (κ3) is 6.98. The van der Waals surface area contributed by atoms with Crippen molar-refractivity contribution < 1.29 is 4.74 Å². The zero-order chi connectivity index (χ0) is 14.8. The topological polar surface area (TPSA) is 37.4 Å². The molecule has 1 N–H and O–H groups in total. The van der Waals surface area contributed by atoms with E-state index >= 15 is 0 Å². The van der Waals surface area contributed by atoms with Crippen LogP contribution in [-0.4, -0.2) is 43.2 Å². The Morgan fingerprint density at radius 3 is 2.70 bits per heavy atom. The molecule has 1 aromatic heterocycles. The van der Waals surface area contributed by atoms with Gasteiger partial charge in [0.1, 0.15) is 0 Å². The van der Waals surface area contributed by atoms with Gasteiger partial charge in [-0.25, -0.2) is 0 Å². The molecule has 0 amide bonds. The molecular formula is C16H29N3O. The molecule has 0 bridgehead atoms. The van der Waals surface area contributed by atoms with Crippen LogP contribution < -0.4 is 5.32 Å². The molecule has 0 saturated carbocycles. The number of likely N-dealkylation sites (N-methyl/N-ethyl adjacent to an activating group) is 1. The van der Waals surface area contributed by atoms with E-state index in [0.717, 1.165) is 45.0 Å². The number of ether oxygens (including phenoxy) is 1. The summed E-state index contributed by atoms with van der Waals surface area (Å²) in [5, 5.41) is 3.43. The van der Waals surface area contributed by atoms with Crippen molar-refractivity contribution in [3.63, 3.8) is 0 Å². The number of rotatable bonds is 10. The van der Waals surface area contributed by atoms with Gasteiger partial charge in [0.15, 0.2) is 0 Å². The fourth-order valence-electron chi connectivity index (χ4n) is 1.96. The largest absolute Gasteiger partial charge is 0.383 e. The molecule has 0 saturated heterocycles. The Labute approximate surface area is 123 Å². The minimum absolute atomic E-state index is 0.682. The number of methoxy groups -OCH3 is 1. The summed E-state index contributed by atoms with van der Waals surface area (Å²) in [6, 6.07) is 4.29. The highest BCUT2D eigenvalue weighted by molar-refractivity contribution is 5.14. The van der Waals surface area contributed by atoms with Crippen LogP contribution in [0.15, 0.2) is 18.3 Å². The second kappa shape index (κ2) is 9.86. The summed E-state index contributed by atoms with van der Waals surface area (Å²) in [5.74, 6) is 0.682. The van der Waals surface area contributed by atoms with Gasteiger partial charge in [-0.1, -0.05) is 26.8 Å². The number of hydrogen-bond donors (Lipinski definition) is 1. The Bertz CT molecular complexity index is 351. The summed E-state index contributed by atoms with van der Waals surface area (Å²) in [6.07, 6.45) is 1.98. The van der Waals surface area contributed by atoms with E-state index in [9.17, 15) is 0 Å². The Morgan fingerprint density at radius 1 is 1.35 bits per heavy atom. The first-order chi connectivity index (χ1) is 9.65. The van der Waals surface area contributed by atoms with Crippen molar-refractivity contribution in [2.24, 2.45) is 5.92 Å². The Balaban J connectivity index is 2.40. The standard InChI is InChI=1S/C16H29N3O/c1-5-19(8-9-20-4)13-16-7-6-15(12-18-16)11-17-10-14(2)3/h6-7,12,14,17H,5,8-11,13H2,1-4H3. The molecule has 0 atom stereocenters. The van der Waals surface area contributed by atoms with Crippen LogP contribution in [0.2, 0.25) is 0 Å². The molecule has 0 aliphatic heterocycles. The van der Waals surface area contributed by atoms with Crippen molar-refractivity contribution in [1.29, 1.82) is 0 Å². The quantitative estimate of drug-likeness (QED) is 0.713. The van der Waals surface area contributed by atoms with Crippen LogP contribution in [0.1, 0.15) is 32.0 Å². The van der Waals surface area contributed by atoms with Gasteiger partial charge in [0.25, 0.3) is 0 Å². The van der Waals surface area contributed by atoms with Gasteiger partial charge in [-0.15, -0.1) is 0 Å². The maximum Gasteiger partial charge on any atom is 0.0589 e. The van der Waals surface area contributed by atoms with E-state index in [1.54, 1.807) is 7.11 Å². The maximum absolute atomic E-state index is 5.12. The van der Waals surface area contributed by atoms with Crippen molar-refractivity contribution in [2.75, 3.05) is 33.4 Å². The van der Waals surface area contributed by atoms with Gasteiger partial charge in [-0.3, -0.25) is 9.88 Å². The van der Waals surface area contributed by atoms with Crippen LogP contribution >= 0.6 is 0 Å². The van der Waals surface area contributed by atoms with Crippen molar-refractivity contribution >= 4 is 0 Å². The summed E-state index contributed by atoms with van der Waals surface area (Å²) >= 11 is 0. The average Bonchev–Trinajstić information content (AvgIpc) is 2.44. The zero-order valence-corrected chi connectivity index (χ0v) is 13.4. The molecule has 114 valence electrons. The van der Waals surface area contributed by atoms with Gasteiger partial charge in [0.2, 0.25) is 0 Å². The lowest BCUT2D eigenvalue weighted by atomic mass is 10.2. The third-order valence-corrected chi connectivity index (χ3v) is 3.21. The Kier molecular flexibility index (Phi) is 8.42. The van der Waals surface area contributed by atoms with E-state index in [2.05, 4.69) is 48.1 Å². The third-order valence-electron chi connectivity index (χ3n) is 3.21. The first kappa shape index (κ1) is 17.1. The average molecular weight is 279 g/mol. The summed E-state index contributed by atoms with van der Waals surface area (Å²) in [6.45, 7) is 12.2. The van der Waals surface area contributed by atoms with Crippen LogP contribution in [0, 0.1) is 5.92 Å². The molecule has 0 fully saturated rings. The molecule has 4 heteroatoms. The smallest absolute Gasteiger partial charge is 0.0589 e. The fourth-order valence-corrected chi connectivity index (χ4v) is 1.96. The van der Waals surface area contributed by atoms with Crippen molar-refractivity contribution in [3.05, 3.63) is 29.6 Å². The lowest BCUT2D eigenvalue weighted by Gasteiger charge is -2.19. The fraction of sp³-hybridized carbons (Fsp3) is 0.688. The molecular weight excluding hydrogens is 250 g/mol. The van der Waals surface area contributed by atoms with E-state index < -0.39 is 0 Å². The van der Waals surface area contributed by atoms with Gasteiger partial charge >= 0.3 is 0 Å². The number of hydrogen-bond acceptors (Lipinski definition) is 4. The minimum Gasteiger partial charge on any atom is -0.383 e. The van der Waals surface area contributed by atoms with Crippen LogP contribution in [0.5, 0.6) is 0 Å². The van der Waals surface area contributed by atoms with Crippen LogP contribution in [0.3, 0.4) is 0 Å². The molecule has 1 rings (SSSR count). The van der Waals surface area contributed by atoms with Crippen molar-refractivity contribution in [1.82, 2.24) is 15.2 Å². The molecule has 0 aromatic carbocycles. The molecule has 20 heavy (non-hydrogen) atoms. The second-order valence-corrected chi connectivity index (χ2v) is 5.54. The monoisotopic (exact) mass is 279 g/mol. The van der Waals surface area contributed by atoms with Gasteiger partial charge in [-0.2, -0.15) is 0 Å². The Hall–Kier alpha value is -0.970. The summed E-state index contributed by atoms with van der Waals surface area (Å²) in [4.78, 5) is 6.89. The minimum atomic E-state index is 0.682. The lowest BCUT2D eigenvalue weighted by Crippen LogP contribution is -2.27. The van der Waals surface area contributed by atoms with E-state index in [1.807, 2.05) is 6.20 Å². The molecule has 0 aliphatic rings. The van der Waals surface area contributed by atoms with Gasteiger partial charge in [0, 0.05) is 32.9 Å². The van der Waals surface area contributed by atoms with Crippen LogP contribution in [-0.2, 0) is 17.8 Å². The highest BCUT2D eigenvalue weighted by atomic mass is 16.5. The molecule has 1 heterocycles. The zero-order valence-electron chi connectivity index (χ0n) is 13.4. The van der Waals surface area contributed by atoms with E-state index in [-0.39, 0.29) is 0 Å². The number of aromatic nitrogens is 1.